The molecular formula is C2H3NO2S. The van der Waals surface area contributed by atoms with Crippen LogP contribution in [-0.4, -0.2) is 12.3 Å². The summed E-state index contributed by atoms with van der Waals surface area (Å²) in [4.78, 5) is 9.13. The smallest absolute Gasteiger partial charge is 0.277 e. The zero-order chi connectivity index (χ0) is 4.83. The van der Waals surface area contributed by atoms with Crippen LogP contribution in [0.4, 0.5) is 0 Å². The highest BCUT2D eigenvalue weighted by Crippen LogP contribution is 1.90. The van der Waals surface area contributed by atoms with Crippen LogP contribution in [0.1, 0.15) is 0 Å². The van der Waals surface area contributed by atoms with Gasteiger partial charge in [0.15, 0.2) is 0 Å². The van der Waals surface area contributed by atoms with Crippen LogP contribution in [0.15, 0.2) is 5.16 Å². The fraction of sp³-hybridized carbons (Fsp3) is 0.500. The molecule has 6 heavy (non-hydrogen) atoms. The largest absolute Gasteiger partial charge is 0.311 e. The SMILES string of the molecule is CSON=C=O. The summed E-state index contributed by atoms with van der Waals surface area (Å²) >= 11 is 0.997. The maximum Gasteiger partial charge on any atom is 0.277 e. The molecule has 0 aliphatic rings. The lowest BCUT2D eigenvalue weighted by Crippen LogP contribution is -1.56. The minimum absolute atomic E-state index is 0.997. The molecule has 0 amide bonds. The predicted molar refractivity (Wildman–Crippen MR) is 22.7 cm³/mol. The van der Waals surface area contributed by atoms with Crippen LogP contribution in [0.25, 0.3) is 0 Å². The molecule has 0 aliphatic carbocycles. The molecule has 0 spiro atoms. The standard InChI is InChI=1S/C2H3NO2S/c1-6-5-3-2-4/h1H3. The number of hydrogen-bond acceptors (Lipinski definition) is 4. The molecule has 0 unspecified atom stereocenters. The molecule has 0 heterocycles. The molecule has 0 radical (unpaired) electrons. The van der Waals surface area contributed by atoms with Gasteiger partial charge in [0, 0.05) is 11.4 Å². The van der Waals surface area contributed by atoms with Crippen molar-refractivity contribution in [3.8, 4) is 0 Å². The van der Waals surface area contributed by atoms with Crippen molar-refractivity contribution >= 4 is 18.1 Å². The minimum Gasteiger partial charge on any atom is -0.311 e. The zero-order valence-corrected chi connectivity index (χ0v) is 3.99. The fourth-order valence-electron chi connectivity index (χ4n) is 0.0525. The first-order valence-electron chi connectivity index (χ1n) is 1.19. The Hall–Kier alpha value is -0.470. The van der Waals surface area contributed by atoms with Gasteiger partial charge in [0.05, 0.1) is 12.0 Å². The molecule has 34 valence electrons. The zero-order valence-electron chi connectivity index (χ0n) is 3.17. The van der Waals surface area contributed by atoms with Gasteiger partial charge in [-0.1, -0.05) is 0 Å². The average Bonchev–Trinajstić information content (AvgIpc) is 1.61. The van der Waals surface area contributed by atoms with Gasteiger partial charge >= 0.3 is 0 Å². The summed E-state index contributed by atoms with van der Waals surface area (Å²) in [6.45, 7) is 0. The molecule has 0 bridgehead atoms. The van der Waals surface area contributed by atoms with E-state index in [1.54, 1.807) is 6.26 Å². The van der Waals surface area contributed by atoms with Crippen molar-refractivity contribution in [2.24, 2.45) is 5.16 Å². The van der Waals surface area contributed by atoms with E-state index in [0.717, 1.165) is 12.0 Å². The van der Waals surface area contributed by atoms with E-state index in [9.17, 15) is 0 Å². The van der Waals surface area contributed by atoms with E-state index < -0.39 is 0 Å². The maximum atomic E-state index is 9.13. The number of hydrogen-bond donors (Lipinski definition) is 0. The van der Waals surface area contributed by atoms with E-state index in [-0.39, 0.29) is 0 Å². The Morgan fingerprint density at radius 1 is 2.00 bits per heavy atom. The van der Waals surface area contributed by atoms with Gasteiger partial charge in [-0.25, -0.2) is 4.79 Å². The molecule has 3 nitrogen and oxygen atoms in total. The summed E-state index contributed by atoms with van der Waals surface area (Å²) in [5.41, 5.74) is 0. The van der Waals surface area contributed by atoms with Crippen LogP contribution in [0.3, 0.4) is 0 Å². The topological polar surface area (TPSA) is 38.7 Å². The molecule has 0 aromatic carbocycles. The Labute approximate surface area is 39.6 Å². The van der Waals surface area contributed by atoms with E-state index in [2.05, 4.69) is 9.44 Å². The summed E-state index contributed by atoms with van der Waals surface area (Å²) in [6.07, 6.45) is 2.85. The normalized spacial score (nSPS) is 6.17. The van der Waals surface area contributed by atoms with Crippen molar-refractivity contribution in [1.29, 1.82) is 0 Å². The summed E-state index contributed by atoms with van der Waals surface area (Å²) in [5.74, 6) is 0. The van der Waals surface area contributed by atoms with Crippen LogP contribution in [0, 0.1) is 0 Å². The highest BCUT2D eigenvalue weighted by atomic mass is 32.2. The van der Waals surface area contributed by atoms with Crippen LogP contribution in [0.5, 0.6) is 0 Å². The van der Waals surface area contributed by atoms with Crippen molar-refractivity contribution in [2.45, 2.75) is 0 Å². The molecule has 0 rings (SSSR count). The average molecular weight is 105 g/mol. The highest BCUT2D eigenvalue weighted by molar-refractivity contribution is 7.93. The second kappa shape index (κ2) is 4.53. The van der Waals surface area contributed by atoms with E-state index in [1.165, 1.54) is 6.08 Å². The molecule has 0 aliphatic heterocycles. The summed E-state index contributed by atoms with van der Waals surface area (Å²) in [5, 5.41) is 2.75. The third kappa shape index (κ3) is 3.53. The van der Waals surface area contributed by atoms with Crippen molar-refractivity contribution in [3.63, 3.8) is 0 Å². The van der Waals surface area contributed by atoms with Gasteiger partial charge in [0.2, 0.25) is 0 Å². The molecule has 0 atom stereocenters. The van der Waals surface area contributed by atoms with E-state index in [0.29, 0.717) is 0 Å². The van der Waals surface area contributed by atoms with Gasteiger partial charge in [-0.2, -0.15) is 0 Å². The van der Waals surface area contributed by atoms with Gasteiger partial charge < -0.3 is 4.28 Å². The quantitative estimate of drug-likeness (QED) is 0.222. The van der Waals surface area contributed by atoms with Gasteiger partial charge in [-0.3, -0.25) is 0 Å². The first-order valence-corrected chi connectivity index (χ1v) is 2.34. The third-order valence-corrected chi connectivity index (χ3v) is 0.373. The number of carbonyl (C=O) groups excluding carboxylic acids is 1. The fourth-order valence-corrected chi connectivity index (χ4v) is 0.157. The number of rotatable bonds is 2. The Balaban J connectivity index is 2.86. The number of isocyanates is 1. The van der Waals surface area contributed by atoms with Gasteiger partial charge in [0.25, 0.3) is 6.08 Å². The van der Waals surface area contributed by atoms with E-state index >= 15 is 0 Å². The van der Waals surface area contributed by atoms with Gasteiger partial charge in [-0.15, -0.1) is 0 Å². The molecule has 0 saturated heterocycles. The predicted octanol–water partition coefficient (Wildman–Crippen LogP) is 0.532. The van der Waals surface area contributed by atoms with Gasteiger partial charge in [0.1, 0.15) is 0 Å². The monoisotopic (exact) mass is 105 g/mol. The van der Waals surface area contributed by atoms with Gasteiger partial charge in [-0.05, 0) is 0 Å². The minimum atomic E-state index is 0.997. The van der Waals surface area contributed by atoms with Crippen LogP contribution >= 0.6 is 12.0 Å². The second-order valence-corrected chi connectivity index (χ2v) is 0.906. The lowest BCUT2D eigenvalue weighted by atomic mass is 11.7. The Morgan fingerprint density at radius 3 is 2.83 bits per heavy atom. The van der Waals surface area contributed by atoms with Crippen molar-refractivity contribution < 1.29 is 9.08 Å². The molecule has 0 aromatic heterocycles. The molecule has 0 N–H and O–H groups in total. The highest BCUT2D eigenvalue weighted by Gasteiger charge is 1.64. The number of nitrogens with zero attached hydrogens (tertiary/aromatic N) is 1. The van der Waals surface area contributed by atoms with E-state index in [4.69, 9.17) is 4.79 Å². The third-order valence-electron chi connectivity index (χ3n) is 0.149. The molecule has 4 heteroatoms. The molecule has 0 saturated carbocycles. The summed E-state index contributed by atoms with van der Waals surface area (Å²) in [7, 11) is 0. The van der Waals surface area contributed by atoms with Crippen molar-refractivity contribution in [2.75, 3.05) is 6.26 Å². The first kappa shape index (κ1) is 5.53. The van der Waals surface area contributed by atoms with Crippen LogP contribution in [-0.2, 0) is 9.08 Å². The Bertz CT molecular complexity index is 67.9. The lowest BCUT2D eigenvalue weighted by Gasteiger charge is -1.76. The lowest BCUT2D eigenvalue weighted by molar-refractivity contribution is 0.398. The second-order valence-electron chi connectivity index (χ2n) is 0.424. The molecule has 0 aromatic rings. The van der Waals surface area contributed by atoms with Crippen molar-refractivity contribution in [1.82, 2.24) is 0 Å². The molecular weight excluding hydrogens is 102 g/mol. The summed E-state index contributed by atoms with van der Waals surface area (Å²) in [6, 6.07) is 0. The first-order chi connectivity index (χ1) is 2.91. The Morgan fingerprint density at radius 2 is 2.67 bits per heavy atom. The maximum absolute atomic E-state index is 9.13. The van der Waals surface area contributed by atoms with Crippen LogP contribution < -0.4 is 0 Å². The Kier molecular flexibility index (Phi) is 4.18. The molecule has 0 fully saturated rings. The summed E-state index contributed by atoms with van der Waals surface area (Å²) < 4.78 is 4.10. The van der Waals surface area contributed by atoms with Crippen LogP contribution in [0.2, 0.25) is 0 Å². The van der Waals surface area contributed by atoms with Crippen molar-refractivity contribution in [3.05, 3.63) is 0 Å². The van der Waals surface area contributed by atoms with E-state index in [1.807, 2.05) is 0 Å².